The molecule has 1 saturated carbocycles. The number of methoxy groups -OCH3 is 1. The molecule has 5 heteroatoms. The van der Waals surface area contributed by atoms with Gasteiger partial charge in [-0.05, 0) is 25.0 Å². The number of Topliss-reactive ketones (excluding diaryl/α,β-unsaturated/α-hetero) is 1. The summed E-state index contributed by atoms with van der Waals surface area (Å²) in [5.41, 5.74) is 0.164. The number of fused-ring (bicyclic) bond motifs is 1. The molecule has 1 aromatic carbocycles. The predicted molar refractivity (Wildman–Crippen MR) is 97.7 cm³/mol. The highest BCUT2D eigenvalue weighted by Crippen LogP contribution is 2.41. The van der Waals surface area contributed by atoms with Gasteiger partial charge in [0.1, 0.15) is 17.1 Å². The Labute approximate surface area is 154 Å². The number of carbonyl (C=O) groups is 2. The molecule has 3 aliphatic rings. The molecule has 0 atom stereocenters. The molecule has 1 amide bonds. The summed E-state index contributed by atoms with van der Waals surface area (Å²) in [6.45, 7) is 1.36. The maximum atomic E-state index is 12.8. The molecule has 0 unspecified atom stereocenters. The van der Waals surface area contributed by atoms with Crippen LogP contribution in [-0.4, -0.2) is 42.4 Å². The van der Waals surface area contributed by atoms with Crippen LogP contribution >= 0.6 is 0 Å². The number of likely N-dealkylation sites (tertiary alicyclic amines) is 1. The van der Waals surface area contributed by atoms with Gasteiger partial charge in [-0.15, -0.1) is 0 Å². The molecule has 0 radical (unpaired) electrons. The third kappa shape index (κ3) is 3.19. The largest absolute Gasteiger partial charge is 0.497 e. The van der Waals surface area contributed by atoms with Crippen LogP contribution < -0.4 is 9.47 Å². The Morgan fingerprint density at radius 3 is 2.62 bits per heavy atom. The minimum Gasteiger partial charge on any atom is -0.497 e. The third-order valence-electron chi connectivity index (χ3n) is 6.24. The van der Waals surface area contributed by atoms with E-state index in [0.29, 0.717) is 55.3 Å². The number of nitrogens with zero attached hydrogens (tertiary/aromatic N) is 1. The Balaban J connectivity index is 1.45. The fraction of sp³-hybridized carbons (Fsp3) is 0.619. The van der Waals surface area contributed by atoms with Crippen LogP contribution in [0.4, 0.5) is 0 Å². The van der Waals surface area contributed by atoms with Crippen molar-refractivity contribution in [1.82, 2.24) is 4.90 Å². The van der Waals surface area contributed by atoms with E-state index in [-0.39, 0.29) is 11.7 Å². The molecule has 0 aromatic heterocycles. The summed E-state index contributed by atoms with van der Waals surface area (Å²) in [6.07, 6.45) is 7.49. The van der Waals surface area contributed by atoms with Gasteiger partial charge in [-0.1, -0.05) is 19.3 Å². The van der Waals surface area contributed by atoms with E-state index in [1.165, 1.54) is 19.3 Å². The van der Waals surface area contributed by atoms with Crippen molar-refractivity contribution < 1.29 is 19.1 Å². The van der Waals surface area contributed by atoms with E-state index in [0.717, 1.165) is 12.8 Å². The monoisotopic (exact) mass is 357 g/mol. The van der Waals surface area contributed by atoms with E-state index in [2.05, 4.69) is 0 Å². The van der Waals surface area contributed by atoms with Crippen LogP contribution in [0.25, 0.3) is 0 Å². The Morgan fingerprint density at radius 2 is 1.92 bits per heavy atom. The summed E-state index contributed by atoms with van der Waals surface area (Å²) in [5, 5.41) is 0. The van der Waals surface area contributed by atoms with Gasteiger partial charge in [0.2, 0.25) is 5.91 Å². The molecule has 26 heavy (non-hydrogen) atoms. The number of ether oxygens (including phenoxy) is 2. The molecule has 0 bridgehead atoms. The van der Waals surface area contributed by atoms with E-state index in [4.69, 9.17) is 9.47 Å². The molecule has 1 spiro atoms. The van der Waals surface area contributed by atoms with E-state index in [1.807, 2.05) is 4.90 Å². The first-order valence-electron chi connectivity index (χ1n) is 9.79. The maximum Gasteiger partial charge on any atom is 0.225 e. The van der Waals surface area contributed by atoms with E-state index in [1.54, 1.807) is 25.3 Å². The van der Waals surface area contributed by atoms with Gasteiger partial charge in [0.15, 0.2) is 5.78 Å². The number of hydrogen-bond acceptors (Lipinski definition) is 4. The molecule has 2 heterocycles. The van der Waals surface area contributed by atoms with Gasteiger partial charge in [0.25, 0.3) is 0 Å². The zero-order chi connectivity index (χ0) is 18.1. The third-order valence-corrected chi connectivity index (χ3v) is 6.24. The summed E-state index contributed by atoms with van der Waals surface area (Å²) in [5.74, 6) is 1.95. The van der Waals surface area contributed by atoms with Crippen LogP contribution in [-0.2, 0) is 4.79 Å². The first kappa shape index (κ1) is 17.4. The standard InChI is InChI=1S/C21H27NO4/c1-25-16-7-8-17-18(23)14-21(26-19(17)13-16)9-11-22(12-10-21)20(24)15-5-3-2-4-6-15/h7-8,13,15H,2-6,9-12,14H2,1H3. The maximum absolute atomic E-state index is 12.8. The molecule has 5 nitrogen and oxygen atoms in total. The van der Waals surface area contributed by atoms with Crippen molar-refractivity contribution in [2.75, 3.05) is 20.2 Å². The summed E-state index contributed by atoms with van der Waals surface area (Å²) in [6, 6.07) is 5.38. The van der Waals surface area contributed by atoms with Crippen molar-refractivity contribution in [3.63, 3.8) is 0 Å². The molecule has 2 fully saturated rings. The van der Waals surface area contributed by atoms with Crippen LogP contribution in [0.15, 0.2) is 18.2 Å². The molecule has 1 aliphatic carbocycles. The zero-order valence-electron chi connectivity index (χ0n) is 15.5. The van der Waals surface area contributed by atoms with Crippen molar-refractivity contribution >= 4 is 11.7 Å². The van der Waals surface area contributed by atoms with Crippen LogP contribution in [0.2, 0.25) is 0 Å². The second-order valence-electron chi connectivity index (χ2n) is 7.91. The molecular weight excluding hydrogens is 330 g/mol. The van der Waals surface area contributed by atoms with Gasteiger partial charge in [-0.2, -0.15) is 0 Å². The first-order chi connectivity index (χ1) is 12.6. The van der Waals surface area contributed by atoms with E-state index < -0.39 is 5.60 Å². The normalized spacial score (nSPS) is 22.7. The van der Waals surface area contributed by atoms with Gasteiger partial charge in [-0.25, -0.2) is 0 Å². The number of benzene rings is 1. The minimum absolute atomic E-state index is 0.126. The van der Waals surface area contributed by atoms with Crippen LogP contribution in [0.5, 0.6) is 11.5 Å². The molecule has 140 valence electrons. The quantitative estimate of drug-likeness (QED) is 0.811. The summed E-state index contributed by atoms with van der Waals surface area (Å²) >= 11 is 0. The van der Waals surface area contributed by atoms with Crippen molar-refractivity contribution in [1.29, 1.82) is 0 Å². The topological polar surface area (TPSA) is 55.8 Å². The molecular formula is C21H27NO4. The predicted octanol–water partition coefficient (Wildman–Crippen LogP) is 3.60. The second-order valence-corrected chi connectivity index (χ2v) is 7.91. The van der Waals surface area contributed by atoms with E-state index >= 15 is 0 Å². The van der Waals surface area contributed by atoms with Crippen LogP contribution in [0.1, 0.15) is 61.7 Å². The SMILES string of the molecule is COc1ccc2c(c1)OC1(CCN(C(=O)C3CCCCC3)CC1)CC2=O. The number of hydrogen-bond donors (Lipinski definition) is 0. The molecule has 2 aliphatic heterocycles. The zero-order valence-corrected chi connectivity index (χ0v) is 15.5. The highest BCUT2D eigenvalue weighted by Gasteiger charge is 2.44. The lowest BCUT2D eigenvalue weighted by atomic mass is 9.81. The Kier molecular flexibility index (Phi) is 4.63. The molecule has 0 N–H and O–H groups in total. The minimum atomic E-state index is -0.472. The van der Waals surface area contributed by atoms with Crippen LogP contribution in [0.3, 0.4) is 0 Å². The van der Waals surface area contributed by atoms with Crippen molar-refractivity contribution in [3.8, 4) is 11.5 Å². The number of rotatable bonds is 2. The Bertz CT molecular complexity index is 700. The van der Waals surface area contributed by atoms with Gasteiger partial charge >= 0.3 is 0 Å². The van der Waals surface area contributed by atoms with Gasteiger partial charge < -0.3 is 14.4 Å². The lowest BCUT2D eigenvalue weighted by Gasteiger charge is -2.44. The van der Waals surface area contributed by atoms with Gasteiger partial charge in [0.05, 0.1) is 19.1 Å². The molecule has 1 saturated heterocycles. The summed E-state index contributed by atoms with van der Waals surface area (Å²) in [7, 11) is 1.61. The lowest BCUT2D eigenvalue weighted by Crippen LogP contribution is -2.53. The molecule has 4 rings (SSSR count). The average molecular weight is 357 g/mol. The number of ketones is 1. The van der Waals surface area contributed by atoms with Crippen molar-refractivity contribution in [3.05, 3.63) is 23.8 Å². The molecule has 1 aromatic rings. The average Bonchev–Trinajstić information content (AvgIpc) is 2.68. The number of piperidine rings is 1. The fourth-order valence-electron chi connectivity index (χ4n) is 4.62. The highest BCUT2D eigenvalue weighted by molar-refractivity contribution is 6.00. The smallest absolute Gasteiger partial charge is 0.225 e. The highest BCUT2D eigenvalue weighted by atomic mass is 16.5. The number of carbonyl (C=O) groups excluding carboxylic acids is 2. The Morgan fingerprint density at radius 1 is 1.19 bits per heavy atom. The van der Waals surface area contributed by atoms with Gasteiger partial charge in [-0.3, -0.25) is 9.59 Å². The van der Waals surface area contributed by atoms with Crippen LogP contribution in [0, 0.1) is 5.92 Å². The van der Waals surface area contributed by atoms with E-state index in [9.17, 15) is 9.59 Å². The van der Waals surface area contributed by atoms with Crippen molar-refractivity contribution in [2.45, 2.75) is 57.0 Å². The van der Waals surface area contributed by atoms with Crippen molar-refractivity contribution in [2.24, 2.45) is 5.92 Å². The van der Waals surface area contributed by atoms with Gasteiger partial charge in [0, 0.05) is 37.9 Å². The lowest BCUT2D eigenvalue weighted by molar-refractivity contribution is -0.140. The first-order valence-corrected chi connectivity index (χ1v) is 9.79. The number of amides is 1. The Hall–Kier alpha value is -2.04. The second kappa shape index (κ2) is 6.93. The fourth-order valence-corrected chi connectivity index (χ4v) is 4.62. The summed E-state index contributed by atoms with van der Waals surface area (Å²) < 4.78 is 11.6. The summed E-state index contributed by atoms with van der Waals surface area (Å²) in [4.78, 5) is 27.4.